The van der Waals surface area contributed by atoms with Crippen molar-refractivity contribution in [3.8, 4) is 0 Å². The molecule has 1 amide bonds. The number of carbonyl (C=O) groups excluding carboxylic acids is 2. The van der Waals surface area contributed by atoms with Gasteiger partial charge < -0.3 is 10.1 Å². The van der Waals surface area contributed by atoms with Crippen LogP contribution in [0.2, 0.25) is 0 Å². The van der Waals surface area contributed by atoms with E-state index >= 15 is 0 Å². The number of hydrogen-bond donors (Lipinski definition) is 1. The van der Waals surface area contributed by atoms with Crippen LogP contribution >= 0.6 is 0 Å². The molecule has 0 aliphatic carbocycles. The molecule has 0 saturated carbocycles. The van der Waals surface area contributed by atoms with Crippen LogP contribution in [0.15, 0.2) is 48.5 Å². The Morgan fingerprint density at radius 1 is 1.15 bits per heavy atom. The van der Waals surface area contributed by atoms with Gasteiger partial charge in [0, 0.05) is 6.42 Å². The summed E-state index contributed by atoms with van der Waals surface area (Å²) in [6, 6.07) is 15.5. The Hall–Kier alpha value is -2.62. The fourth-order valence-corrected chi connectivity index (χ4v) is 3.32. The minimum atomic E-state index is -0.784. The molecule has 0 saturated heterocycles. The molecule has 2 aromatic carbocycles. The third kappa shape index (κ3) is 3.79. The minimum absolute atomic E-state index is 0.121. The molecular formula is C22H25NO3. The first kappa shape index (κ1) is 18.2. The number of ether oxygens (including phenoxy) is 1. The lowest BCUT2D eigenvalue weighted by molar-refractivity contribution is -0.131. The normalized spacial score (nSPS) is 17.4. The molecule has 0 unspecified atom stereocenters. The van der Waals surface area contributed by atoms with Gasteiger partial charge in [0.25, 0.3) is 5.91 Å². The van der Waals surface area contributed by atoms with Crippen molar-refractivity contribution in [3.05, 3.63) is 70.8 Å². The second-order valence-corrected chi connectivity index (χ2v) is 7.08. The van der Waals surface area contributed by atoms with Crippen molar-refractivity contribution in [3.63, 3.8) is 0 Å². The maximum absolute atomic E-state index is 12.8. The summed E-state index contributed by atoms with van der Waals surface area (Å²) in [6.07, 6.45) is 0.609. The van der Waals surface area contributed by atoms with E-state index in [1.165, 1.54) is 5.56 Å². The first-order chi connectivity index (χ1) is 12.5. The van der Waals surface area contributed by atoms with Crippen molar-refractivity contribution < 1.29 is 14.3 Å². The van der Waals surface area contributed by atoms with Crippen LogP contribution in [0.3, 0.4) is 0 Å². The summed E-state index contributed by atoms with van der Waals surface area (Å²) in [5.41, 5.74) is 3.73. The number of hydrogen-bond acceptors (Lipinski definition) is 3. The number of carbonyl (C=O) groups is 2. The Labute approximate surface area is 154 Å². The van der Waals surface area contributed by atoms with E-state index < -0.39 is 12.1 Å². The van der Waals surface area contributed by atoms with Gasteiger partial charge in [-0.05, 0) is 35.1 Å². The maximum Gasteiger partial charge on any atom is 0.339 e. The van der Waals surface area contributed by atoms with Gasteiger partial charge in [0.1, 0.15) is 0 Å². The van der Waals surface area contributed by atoms with E-state index in [2.05, 4.69) is 50.4 Å². The largest absolute Gasteiger partial charge is 0.448 e. The van der Waals surface area contributed by atoms with Gasteiger partial charge in [-0.1, -0.05) is 63.2 Å². The van der Waals surface area contributed by atoms with Crippen molar-refractivity contribution in [1.82, 2.24) is 5.32 Å². The lowest BCUT2D eigenvalue weighted by atomic mass is 9.93. The second kappa shape index (κ2) is 7.73. The Morgan fingerprint density at radius 2 is 1.85 bits per heavy atom. The van der Waals surface area contributed by atoms with Crippen LogP contribution in [-0.4, -0.2) is 18.0 Å². The molecule has 4 heteroatoms. The van der Waals surface area contributed by atoms with E-state index in [1.54, 1.807) is 12.1 Å². The Kier molecular flexibility index (Phi) is 5.40. The predicted octanol–water partition coefficient (Wildman–Crippen LogP) is 3.84. The van der Waals surface area contributed by atoms with Crippen molar-refractivity contribution in [2.24, 2.45) is 5.92 Å². The zero-order valence-corrected chi connectivity index (χ0v) is 15.5. The van der Waals surface area contributed by atoms with Gasteiger partial charge in [0.15, 0.2) is 6.10 Å². The number of benzene rings is 2. The third-order valence-corrected chi connectivity index (χ3v) is 4.90. The average Bonchev–Trinajstić information content (AvgIpc) is 2.65. The SMILES string of the molecule is CCc1ccc([C@H](NC(=O)[C@H]2Cc3ccccc3C(=O)O2)C(C)C)cc1. The fourth-order valence-electron chi connectivity index (χ4n) is 3.32. The Bertz CT molecular complexity index is 795. The van der Waals surface area contributed by atoms with Crippen LogP contribution in [0.25, 0.3) is 0 Å². The van der Waals surface area contributed by atoms with Crippen molar-refractivity contribution >= 4 is 11.9 Å². The highest BCUT2D eigenvalue weighted by Crippen LogP contribution is 2.25. The summed E-state index contributed by atoms with van der Waals surface area (Å²) in [5.74, 6) is -0.454. The number of aryl methyl sites for hydroxylation is 1. The van der Waals surface area contributed by atoms with E-state index in [1.807, 2.05) is 12.1 Å². The standard InChI is InChI=1S/C22H25NO3/c1-4-15-9-11-16(12-10-15)20(14(2)3)23-21(24)19-13-17-7-5-6-8-18(17)22(25)26-19/h5-12,14,19-20H,4,13H2,1-3H3,(H,23,24)/t19-,20-/m1/s1. The van der Waals surface area contributed by atoms with Gasteiger partial charge in [-0.25, -0.2) is 4.79 Å². The highest BCUT2D eigenvalue weighted by atomic mass is 16.5. The van der Waals surface area contributed by atoms with Gasteiger partial charge in [-0.15, -0.1) is 0 Å². The Balaban J connectivity index is 1.75. The van der Waals surface area contributed by atoms with Crippen molar-refractivity contribution in [1.29, 1.82) is 0 Å². The molecule has 136 valence electrons. The highest BCUT2D eigenvalue weighted by molar-refractivity contribution is 5.95. The molecule has 2 aromatic rings. The average molecular weight is 351 g/mol. The second-order valence-electron chi connectivity index (χ2n) is 7.08. The molecule has 1 N–H and O–H groups in total. The molecule has 0 bridgehead atoms. The van der Waals surface area contributed by atoms with Crippen LogP contribution in [0, 0.1) is 5.92 Å². The van der Waals surface area contributed by atoms with Crippen molar-refractivity contribution in [2.45, 2.75) is 45.8 Å². The fraction of sp³-hybridized carbons (Fsp3) is 0.364. The summed E-state index contributed by atoms with van der Waals surface area (Å²) >= 11 is 0. The van der Waals surface area contributed by atoms with E-state index in [4.69, 9.17) is 4.74 Å². The van der Waals surface area contributed by atoms with E-state index in [9.17, 15) is 9.59 Å². The summed E-state index contributed by atoms with van der Waals surface area (Å²) in [4.78, 5) is 24.9. The molecule has 0 aromatic heterocycles. The third-order valence-electron chi connectivity index (χ3n) is 4.90. The first-order valence-electron chi connectivity index (χ1n) is 9.17. The lowest BCUT2D eigenvalue weighted by Gasteiger charge is -2.28. The smallest absolute Gasteiger partial charge is 0.339 e. The van der Waals surface area contributed by atoms with Gasteiger partial charge >= 0.3 is 5.97 Å². The number of esters is 1. The number of nitrogens with one attached hydrogen (secondary N) is 1. The molecule has 4 nitrogen and oxygen atoms in total. The maximum atomic E-state index is 12.8. The van der Waals surface area contributed by atoms with Crippen molar-refractivity contribution in [2.75, 3.05) is 0 Å². The lowest BCUT2D eigenvalue weighted by Crippen LogP contribution is -2.44. The summed E-state index contributed by atoms with van der Waals surface area (Å²) in [5, 5.41) is 3.08. The van der Waals surface area contributed by atoms with Crippen LogP contribution in [0.4, 0.5) is 0 Å². The topological polar surface area (TPSA) is 55.4 Å². The van der Waals surface area contributed by atoms with E-state index in [0.717, 1.165) is 17.5 Å². The minimum Gasteiger partial charge on any atom is -0.448 e. The quantitative estimate of drug-likeness (QED) is 0.833. The van der Waals surface area contributed by atoms with Gasteiger partial charge in [0.2, 0.25) is 0 Å². The molecule has 26 heavy (non-hydrogen) atoms. The predicted molar refractivity (Wildman–Crippen MR) is 101 cm³/mol. The molecule has 1 aliphatic rings. The van der Waals surface area contributed by atoms with Crippen LogP contribution in [-0.2, 0) is 22.4 Å². The molecular weight excluding hydrogens is 326 g/mol. The number of amides is 1. The Morgan fingerprint density at radius 3 is 2.50 bits per heavy atom. The summed E-state index contributed by atoms with van der Waals surface area (Å²) in [6.45, 7) is 6.26. The zero-order chi connectivity index (χ0) is 18.7. The molecule has 0 radical (unpaired) electrons. The molecule has 0 fully saturated rings. The van der Waals surface area contributed by atoms with Gasteiger partial charge in [-0.2, -0.15) is 0 Å². The zero-order valence-electron chi connectivity index (χ0n) is 15.5. The number of rotatable bonds is 5. The number of cyclic esters (lactones) is 1. The molecule has 1 aliphatic heterocycles. The summed E-state index contributed by atoms with van der Waals surface area (Å²) in [7, 11) is 0. The molecule has 1 heterocycles. The summed E-state index contributed by atoms with van der Waals surface area (Å²) < 4.78 is 5.38. The number of fused-ring (bicyclic) bond motifs is 1. The molecule has 2 atom stereocenters. The monoisotopic (exact) mass is 351 g/mol. The van der Waals surface area contributed by atoms with Crippen LogP contribution in [0.5, 0.6) is 0 Å². The molecule has 0 spiro atoms. The van der Waals surface area contributed by atoms with E-state index in [-0.39, 0.29) is 17.9 Å². The van der Waals surface area contributed by atoms with Gasteiger partial charge in [0.05, 0.1) is 11.6 Å². The van der Waals surface area contributed by atoms with E-state index in [0.29, 0.717) is 12.0 Å². The first-order valence-corrected chi connectivity index (χ1v) is 9.17. The molecule has 3 rings (SSSR count). The highest BCUT2D eigenvalue weighted by Gasteiger charge is 2.32. The van der Waals surface area contributed by atoms with Gasteiger partial charge in [-0.3, -0.25) is 4.79 Å². The van der Waals surface area contributed by atoms with Crippen LogP contribution < -0.4 is 5.32 Å². The van der Waals surface area contributed by atoms with Crippen LogP contribution in [0.1, 0.15) is 53.9 Å².